The fraction of sp³-hybridized carbons (Fsp3) is 0.357. The predicted octanol–water partition coefficient (Wildman–Crippen LogP) is 1.05. The quantitative estimate of drug-likeness (QED) is 0.370. The summed E-state index contributed by atoms with van der Waals surface area (Å²) in [6.07, 6.45) is 0.332. The highest BCUT2D eigenvalue weighted by Crippen LogP contribution is 2.25. The molecule has 3 atom stereocenters. The van der Waals surface area contributed by atoms with Crippen molar-refractivity contribution >= 4 is 35.9 Å². The number of benzene rings is 2. The highest BCUT2D eigenvalue weighted by molar-refractivity contribution is 6.00. The van der Waals surface area contributed by atoms with Crippen molar-refractivity contribution in [1.29, 1.82) is 0 Å². The Kier molecular flexibility index (Phi) is 9.10. The van der Waals surface area contributed by atoms with Gasteiger partial charge in [-0.3, -0.25) is 29.0 Å². The number of amides is 4. The number of rotatable bonds is 10. The van der Waals surface area contributed by atoms with Crippen LogP contribution in [0.2, 0.25) is 0 Å². The minimum atomic E-state index is -1.28. The molecule has 2 aromatic carbocycles. The Morgan fingerprint density at radius 3 is 2.45 bits per heavy atom. The van der Waals surface area contributed by atoms with E-state index in [1.807, 2.05) is 30.3 Å². The number of carbonyl (C=O) groups excluding carboxylic acids is 5. The maximum Gasteiger partial charge on any atom is 0.305 e. The van der Waals surface area contributed by atoms with Gasteiger partial charge in [-0.2, -0.15) is 0 Å². The van der Waals surface area contributed by atoms with Crippen LogP contribution in [0, 0.1) is 0 Å². The number of aliphatic carboxylic acids is 1. The number of carboxylic acids is 1. The Morgan fingerprint density at radius 2 is 1.77 bits per heavy atom. The summed E-state index contributed by atoms with van der Waals surface area (Å²) in [5, 5.41) is 16.2. The molecule has 0 aromatic heterocycles. The largest absolute Gasteiger partial charge is 0.489 e. The molecule has 0 saturated carbocycles. The lowest BCUT2D eigenvalue weighted by Gasteiger charge is -2.43. The minimum absolute atomic E-state index is 0.0240. The first-order valence-corrected chi connectivity index (χ1v) is 12.9. The van der Waals surface area contributed by atoms with Gasteiger partial charge in [0.2, 0.25) is 11.8 Å². The van der Waals surface area contributed by atoms with Crippen molar-refractivity contribution in [3.8, 4) is 5.75 Å². The van der Waals surface area contributed by atoms with Crippen LogP contribution in [0.1, 0.15) is 48.0 Å². The van der Waals surface area contributed by atoms with Gasteiger partial charge in [0.25, 0.3) is 11.8 Å². The second-order valence-corrected chi connectivity index (χ2v) is 9.57. The SMILES string of the molecule is O=CC(CC(=O)O)NC(=O)C1CCCN2C(=O)CCC(NC(=O)c3ccc(OCc4ccccc4)cc3)C(=O)N12. The highest BCUT2D eigenvalue weighted by atomic mass is 16.5. The maximum atomic E-state index is 13.6. The molecule has 2 aliphatic rings. The molecule has 2 saturated heterocycles. The normalized spacial score (nSPS) is 19.6. The number of carbonyl (C=O) groups is 6. The first-order chi connectivity index (χ1) is 19.3. The van der Waals surface area contributed by atoms with Crippen molar-refractivity contribution in [3.63, 3.8) is 0 Å². The van der Waals surface area contributed by atoms with Crippen molar-refractivity contribution in [2.75, 3.05) is 6.54 Å². The van der Waals surface area contributed by atoms with Crippen LogP contribution in [0.4, 0.5) is 0 Å². The number of hydrogen-bond donors (Lipinski definition) is 3. The van der Waals surface area contributed by atoms with Gasteiger partial charge in [0.1, 0.15) is 30.7 Å². The molecule has 0 spiro atoms. The summed E-state index contributed by atoms with van der Waals surface area (Å²) in [6.45, 7) is 0.577. The molecule has 3 N–H and O–H groups in total. The molecule has 12 heteroatoms. The number of nitrogens with one attached hydrogen (secondary N) is 2. The number of aldehydes is 1. The Labute approximate surface area is 230 Å². The fourth-order valence-electron chi connectivity index (χ4n) is 4.69. The molecule has 210 valence electrons. The summed E-state index contributed by atoms with van der Waals surface area (Å²) in [7, 11) is 0. The van der Waals surface area contributed by atoms with Crippen molar-refractivity contribution in [3.05, 3.63) is 65.7 Å². The van der Waals surface area contributed by atoms with Crippen LogP contribution in [0.15, 0.2) is 54.6 Å². The predicted molar refractivity (Wildman–Crippen MR) is 140 cm³/mol. The lowest BCUT2D eigenvalue weighted by Crippen LogP contribution is -2.64. The molecule has 2 fully saturated rings. The molecule has 2 heterocycles. The molecule has 2 aromatic rings. The first kappa shape index (κ1) is 28.3. The molecule has 3 unspecified atom stereocenters. The number of hydrogen-bond acceptors (Lipinski definition) is 7. The lowest BCUT2D eigenvalue weighted by atomic mass is 10.0. The summed E-state index contributed by atoms with van der Waals surface area (Å²) in [6, 6.07) is 12.5. The van der Waals surface area contributed by atoms with E-state index in [1.54, 1.807) is 24.3 Å². The summed E-state index contributed by atoms with van der Waals surface area (Å²) in [5.41, 5.74) is 1.27. The van der Waals surface area contributed by atoms with E-state index >= 15 is 0 Å². The molecule has 0 aliphatic carbocycles. The van der Waals surface area contributed by atoms with E-state index < -0.39 is 48.2 Å². The average molecular weight is 551 g/mol. The molecule has 0 radical (unpaired) electrons. The molecule has 4 amide bonds. The van der Waals surface area contributed by atoms with E-state index in [-0.39, 0.29) is 37.3 Å². The lowest BCUT2D eigenvalue weighted by molar-refractivity contribution is -0.176. The van der Waals surface area contributed by atoms with Crippen LogP contribution < -0.4 is 15.4 Å². The van der Waals surface area contributed by atoms with Gasteiger partial charge < -0.3 is 25.3 Å². The number of ether oxygens (including phenoxy) is 1. The summed E-state index contributed by atoms with van der Waals surface area (Å²) >= 11 is 0. The van der Waals surface area contributed by atoms with Gasteiger partial charge in [-0.15, -0.1) is 0 Å². The van der Waals surface area contributed by atoms with Gasteiger partial charge in [0, 0.05) is 18.5 Å². The summed E-state index contributed by atoms with van der Waals surface area (Å²) in [5.74, 6) is -3.01. The third kappa shape index (κ3) is 6.82. The zero-order chi connectivity index (χ0) is 28.6. The summed E-state index contributed by atoms with van der Waals surface area (Å²) < 4.78 is 5.74. The third-order valence-corrected chi connectivity index (χ3v) is 6.72. The van der Waals surface area contributed by atoms with Gasteiger partial charge in [0.05, 0.1) is 12.5 Å². The molecule has 0 bridgehead atoms. The van der Waals surface area contributed by atoms with Gasteiger partial charge in [-0.05, 0) is 49.1 Å². The van der Waals surface area contributed by atoms with E-state index in [9.17, 15) is 28.8 Å². The molecular weight excluding hydrogens is 520 g/mol. The molecule has 40 heavy (non-hydrogen) atoms. The van der Waals surface area contributed by atoms with Crippen LogP contribution in [-0.4, -0.2) is 75.7 Å². The van der Waals surface area contributed by atoms with E-state index in [1.165, 1.54) is 5.01 Å². The second-order valence-electron chi connectivity index (χ2n) is 9.57. The molecule has 12 nitrogen and oxygen atoms in total. The topological polar surface area (TPSA) is 162 Å². The highest BCUT2D eigenvalue weighted by Gasteiger charge is 2.45. The Hall–Kier alpha value is -4.74. The van der Waals surface area contributed by atoms with Crippen molar-refractivity contribution < 1.29 is 38.6 Å². The number of fused-ring (bicyclic) bond motifs is 1. The van der Waals surface area contributed by atoms with Crippen molar-refractivity contribution in [2.45, 2.75) is 56.8 Å². The van der Waals surface area contributed by atoms with E-state index in [0.717, 1.165) is 10.6 Å². The molecular formula is C28H30N4O8. The van der Waals surface area contributed by atoms with Crippen LogP contribution in [0.3, 0.4) is 0 Å². The Balaban J connectivity index is 1.43. The smallest absolute Gasteiger partial charge is 0.305 e. The number of carboxylic acid groups (broad SMARTS) is 1. The second kappa shape index (κ2) is 12.9. The molecule has 2 aliphatic heterocycles. The molecule has 4 rings (SSSR count). The van der Waals surface area contributed by atoms with Gasteiger partial charge >= 0.3 is 5.97 Å². The first-order valence-electron chi connectivity index (χ1n) is 12.9. The van der Waals surface area contributed by atoms with E-state index in [0.29, 0.717) is 25.1 Å². The van der Waals surface area contributed by atoms with Crippen LogP contribution in [0.25, 0.3) is 0 Å². The monoisotopic (exact) mass is 550 g/mol. The number of nitrogens with zero attached hydrogens (tertiary/aromatic N) is 2. The standard InChI is InChI=1S/C28H30N4O8/c33-16-20(15-25(35)36)29-27(38)23-7-4-14-31-24(34)13-12-22(28(39)32(23)31)30-26(37)19-8-10-21(11-9-19)40-17-18-5-2-1-3-6-18/h1-3,5-6,8-11,16,20,22-23H,4,7,12-15,17H2,(H,29,38)(H,30,37)(H,35,36). The Morgan fingerprint density at radius 1 is 1.05 bits per heavy atom. The average Bonchev–Trinajstić information content (AvgIpc) is 3.08. The number of hydrazine groups is 1. The van der Waals surface area contributed by atoms with E-state index in [4.69, 9.17) is 9.84 Å². The van der Waals surface area contributed by atoms with E-state index in [2.05, 4.69) is 10.6 Å². The summed E-state index contributed by atoms with van der Waals surface area (Å²) in [4.78, 5) is 74.7. The zero-order valence-corrected chi connectivity index (χ0v) is 21.7. The van der Waals surface area contributed by atoms with Gasteiger partial charge in [-0.1, -0.05) is 30.3 Å². The zero-order valence-electron chi connectivity index (χ0n) is 21.7. The maximum absolute atomic E-state index is 13.6. The van der Waals surface area contributed by atoms with Crippen molar-refractivity contribution in [1.82, 2.24) is 20.7 Å². The Bertz CT molecular complexity index is 1270. The third-order valence-electron chi connectivity index (χ3n) is 6.72. The van der Waals surface area contributed by atoms with Crippen LogP contribution in [0.5, 0.6) is 5.75 Å². The van der Waals surface area contributed by atoms with Gasteiger partial charge in [-0.25, -0.2) is 5.01 Å². The van der Waals surface area contributed by atoms with Crippen LogP contribution in [-0.2, 0) is 30.6 Å². The fourth-order valence-corrected chi connectivity index (χ4v) is 4.69. The van der Waals surface area contributed by atoms with Gasteiger partial charge in [0.15, 0.2) is 0 Å². The van der Waals surface area contributed by atoms with Crippen molar-refractivity contribution in [2.24, 2.45) is 0 Å². The van der Waals surface area contributed by atoms with Crippen LogP contribution >= 0.6 is 0 Å². The minimum Gasteiger partial charge on any atom is -0.489 e.